The van der Waals surface area contributed by atoms with E-state index in [1.165, 1.54) is 23.8 Å². The summed E-state index contributed by atoms with van der Waals surface area (Å²) in [5, 5.41) is 0. The minimum Gasteiger partial charge on any atom is -0.356 e. The number of pyridine rings is 1. The third-order valence-corrected chi connectivity index (χ3v) is 5.55. The molecule has 0 spiro atoms. The van der Waals surface area contributed by atoms with Gasteiger partial charge in [-0.05, 0) is 42.1 Å². The van der Waals surface area contributed by atoms with Gasteiger partial charge in [0.25, 0.3) is 5.56 Å². The summed E-state index contributed by atoms with van der Waals surface area (Å²) < 4.78 is 14.6. The van der Waals surface area contributed by atoms with Crippen molar-refractivity contribution in [3.8, 4) is 10.4 Å². The zero-order valence-corrected chi connectivity index (χ0v) is 15.0. The number of halogens is 1. The fourth-order valence-electron chi connectivity index (χ4n) is 3.13. The largest absolute Gasteiger partial charge is 0.356 e. The number of nitrogens with zero attached hydrogens (tertiary/aromatic N) is 3. The molecule has 1 aromatic carbocycles. The van der Waals surface area contributed by atoms with E-state index in [-0.39, 0.29) is 17.4 Å². The van der Waals surface area contributed by atoms with Crippen molar-refractivity contribution in [3.63, 3.8) is 0 Å². The van der Waals surface area contributed by atoms with E-state index in [0.29, 0.717) is 0 Å². The van der Waals surface area contributed by atoms with Crippen LogP contribution in [0.2, 0.25) is 0 Å². The van der Waals surface area contributed by atoms with Gasteiger partial charge < -0.3 is 10.3 Å². The molecule has 0 radical (unpaired) electrons. The third kappa shape index (κ3) is 3.62. The van der Waals surface area contributed by atoms with E-state index in [1.54, 1.807) is 16.2 Å². The highest BCUT2D eigenvalue weighted by Gasteiger charge is 2.21. The normalized spacial score (nSPS) is 15.2. The van der Waals surface area contributed by atoms with Crippen LogP contribution in [0.4, 0.5) is 10.2 Å². The van der Waals surface area contributed by atoms with Gasteiger partial charge >= 0.3 is 0 Å². The summed E-state index contributed by atoms with van der Waals surface area (Å²) in [5.74, 6) is 0.473. The Labute approximate surface area is 154 Å². The molecule has 2 aromatic heterocycles. The highest BCUT2D eigenvalue weighted by molar-refractivity contribution is 7.10. The first-order chi connectivity index (χ1) is 12.7. The molecule has 0 unspecified atom stereocenters. The minimum atomic E-state index is -0.323. The molecule has 3 heterocycles. The molecule has 3 aromatic rings. The highest BCUT2D eigenvalue weighted by atomic mass is 32.1. The summed E-state index contributed by atoms with van der Waals surface area (Å²) in [7, 11) is 0. The van der Waals surface area contributed by atoms with Crippen LogP contribution in [0.5, 0.6) is 0 Å². The van der Waals surface area contributed by atoms with Crippen LogP contribution in [0, 0.1) is 5.82 Å². The minimum absolute atomic E-state index is 0.0310. The molecule has 7 heteroatoms. The quantitative estimate of drug-likeness (QED) is 0.765. The Morgan fingerprint density at radius 2 is 1.88 bits per heavy atom. The Morgan fingerprint density at radius 1 is 1.12 bits per heavy atom. The molecule has 1 aliphatic rings. The van der Waals surface area contributed by atoms with Crippen molar-refractivity contribution in [2.75, 3.05) is 23.4 Å². The maximum atomic E-state index is 13.0. The van der Waals surface area contributed by atoms with Gasteiger partial charge in [0.2, 0.25) is 0 Å². The molecule has 1 fully saturated rings. The Balaban J connectivity index is 1.40. The summed E-state index contributed by atoms with van der Waals surface area (Å²) in [5.41, 5.74) is 4.35. The SMILES string of the molecule is O=c1cc(-c2ccccc2)sn1NC1CCN(c2ccc(F)cn2)CC1. The van der Waals surface area contributed by atoms with Crippen LogP contribution in [0.1, 0.15) is 12.8 Å². The second kappa shape index (κ2) is 7.29. The van der Waals surface area contributed by atoms with E-state index in [1.807, 2.05) is 30.3 Å². The van der Waals surface area contributed by atoms with Crippen LogP contribution in [0.25, 0.3) is 10.4 Å². The Hall–Kier alpha value is -2.67. The predicted octanol–water partition coefficient (Wildman–Crippen LogP) is 3.32. The molecule has 1 aliphatic heterocycles. The van der Waals surface area contributed by atoms with Gasteiger partial charge in [-0.2, -0.15) is 4.07 Å². The molecule has 0 bridgehead atoms. The lowest BCUT2D eigenvalue weighted by atomic mass is 10.1. The molecular formula is C19H19FN4OS. The number of nitrogens with one attached hydrogen (secondary N) is 1. The van der Waals surface area contributed by atoms with Crippen LogP contribution in [0.3, 0.4) is 0 Å². The zero-order valence-electron chi connectivity index (χ0n) is 14.1. The van der Waals surface area contributed by atoms with Crippen LogP contribution < -0.4 is 15.9 Å². The monoisotopic (exact) mass is 370 g/mol. The van der Waals surface area contributed by atoms with E-state index < -0.39 is 0 Å². The van der Waals surface area contributed by atoms with Crippen LogP contribution >= 0.6 is 11.5 Å². The summed E-state index contributed by atoms with van der Waals surface area (Å²) >= 11 is 1.43. The van der Waals surface area contributed by atoms with Crippen LogP contribution in [0.15, 0.2) is 59.5 Å². The summed E-state index contributed by atoms with van der Waals surface area (Å²) in [4.78, 5) is 19.5. The Kier molecular flexibility index (Phi) is 4.71. The molecule has 26 heavy (non-hydrogen) atoms. The lowest BCUT2D eigenvalue weighted by molar-refractivity contribution is 0.495. The van der Waals surface area contributed by atoms with Crippen molar-refractivity contribution >= 4 is 17.4 Å². The first-order valence-electron chi connectivity index (χ1n) is 8.61. The summed E-state index contributed by atoms with van der Waals surface area (Å²) in [6, 6.07) is 14.9. The molecule has 1 N–H and O–H groups in total. The average molecular weight is 370 g/mol. The van der Waals surface area contributed by atoms with Gasteiger partial charge in [0, 0.05) is 25.2 Å². The Bertz CT molecular complexity index is 915. The summed E-state index contributed by atoms with van der Waals surface area (Å²) in [6.45, 7) is 1.64. The maximum absolute atomic E-state index is 13.0. The van der Waals surface area contributed by atoms with E-state index in [4.69, 9.17) is 0 Å². The molecular weight excluding hydrogens is 351 g/mol. The number of hydrogen-bond donors (Lipinski definition) is 1. The van der Waals surface area contributed by atoms with Crippen molar-refractivity contribution in [2.24, 2.45) is 0 Å². The van der Waals surface area contributed by atoms with Gasteiger partial charge in [0.15, 0.2) is 0 Å². The molecule has 134 valence electrons. The highest BCUT2D eigenvalue weighted by Crippen LogP contribution is 2.23. The zero-order chi connectivity index (χ0) is 17.9. The lowest BCUT2D eigenvalue weighted by Gasteiger charge is -2.33. The van der Waals surface area contributed by atoms with E-state index in [9.17, 15) is 9.18 Å². The smallest absolute Gasteiger partial charge is 0.280 e. The van der Waals surface area contributed by atoms with E-state index in [2.05, 4.69) is 15.3 Å². The molecule has 0 atom stereocenters. The molecule has 5 nitrogen and oxygen atoms in total. The van der Waals surface area contributed by atoms with Crippen molar-refractivity contribution < 1.29 is 4.39 Å². The number of hydrogen-bond acceptors (Lipinski definition) is 5. The third-order valence-electron chi connectivity index (χ3n) is 4.53. The topological polar surface area (TPSA) is 50.2 Å². The first-order valence-corrected chi connectivity index (χ1v) is 9.38. The lowest BCUT2D eigenvalue weighted by Crippen LogP contribution is -2.43. The second-order valence-corrected chi connectivity index (χ2v) is 7.31. The fourth-order valence-corrected chi connectivity index (χ4v) is 4.06. The number of piperidine rings is 1. The van der Waals surface area contributed by atoms with Gasteiger partial charge in [-0.15, -0.1) is 0 Å². The van der Waals surface area contributed by atoms with Crippen LogP contribution in [-0.2, 0) is 0 Å². The number of anilines is 1. The number of benzene rings is 1. The van der Waals surface area contributed by atoms with Crippen molar-refractivity contribution in [1.29, 1.82) is 0 Å². The average Bonchev–Trinajstić information content (AvgIpc) is 3.04. The second-order valence-electron chi connectivity index (χ2n) is 6.32. The van der Waals surface area contributed by atoms with Gasteiger partial charge in [0.05, 0.1) is 11.1 Å². The number of aromatic nitrogens is 2. The first kappa shape index (κ1) is 16.8. The molecule has 0 saturated carbocycles. The molecule has 0 amide bonds. The Morgan fingerprint density at radius 3 is 2.58 bits per heavy atom. The van der Waals surface area contributed by atoms with Crippen LogP contribution in [-0.4, -0.2) is 28.2 Å². The van der Waals surface area contributed by atoms with Gasteiger partial charge in [-0.25, -0.2) is 9.37 Å². The van der Waals surface area contributed by atoms with Gasteiger partial charge in [-0.1, -0.05) is 30.3 Å². The molecule has 1 saturated heterocycles. The van der Waals surface area contributed by atoms with Crippen molar-refractivity contribution in [2.45, 2.75) is 18.9 Å². The summed E-state index contributed by atoms with van der Waals surface area (Å²) in [6.07, 6.45) is 3.03. The molecule has 4 rings (SSSR count). The van der Waals surface area contributed by atoms with Crippen molar-refractivity contribution in [3.05, 3.63) is 70.9 Å². The predicted molar refractivity (Wildman–Crippen MR) is 103 cm³/mol. The van der Waals surface area contributed by atoms with E-state index in [0.717, 1.165) is 42.2 Å². The molecule has 0 aliphatic carbocycles. The van der Waals surface area contributed by atoms with Crippen molar-refractivity contribution in [1.82, 2.24) is 9.05 Å². The maximum Gasteiger partial charge on any atom is 0.280 e. The van der Waals surface area contributed by atoms with Gasteiger partial charge in [0.1, 0.15) is 11.6 Å². The van der Waals surface area contributed by atoms with Gasteiger partial charge in [-0.3, -0.25) is 4.79 Å². The van der Waals surface area contributed by atoms with E-state index >= 15 is 0 Å². The number of rotatable bonds is 4. The standard InChI is InChI=1S/C19H19FN4OS/c20-15-6-7-18(21-13-15)23-10-8-16(9-11-23)22-24-19(25)12-17(26-24)14-4-2-1-3-5-14/h1-7,12-13,16,22H,8-11H2. The fraction of sp³-hybridized carbons (Fsp3) is 0.263.